The molecule has 2 aromatic carbocycles. The van der Waals surface area contributed by atoms with Crippen molar-refractivity contribution in [1.29, 1.82) is 0 Å². The highest BCUT2D eigenvalue weighted by Gasteiger charge is 2.14. The van der Waals surface area contributed by atoms with Gasteiger partial charge in [-0.25, -0.2) is 0 Å². The largest absolute Gasteiger partial charge is 0.371 e. The molecule has 3 heteroatoms. The smallest absolute Gasteiger partial charge is 0.255 e. The molecule has 0 unspecified atom stereocenters. The van der Waals surface area contributed by atoms with E-state index < -0.39 is 0 Å². The van der Waals surface area contributed by atoms with Gasteiger partial charge in [-0.05, 0) is 49.6 Å². The molecule has 0 spiro atoms. The van der Waals surface area contributed by atoms with Crippen molar-refractivity contribution < 1.29 is 4.79 Å². The summed E-state index contributed by atoms with van der Waals surface area (Å²) in [4.78, 5) is 14.6. The Kier molecular flexibility index (Phi) is 3.91. The van der Waals surface area contributed by atoms with E-state index in [1.165, 1.54) is 18.5 Å². The SMILES string of the molecule is Cc1ccc(N2CCCC2)cc1NC(=O)c1ccccc1. The van der Waals surface area contributed by atoms with Crippen molar-refractivity contribution in [3.63, 3.8) is 0 Å². The van der Waals surface area contributed by atoms with Gasteiger partial charge in [0.1, 0.15) is 0 Å². The second kappa shape index (κ2) is 6.00. The molecule has 1 aliphatic rings. The molecular formula is C18H20N2O. The Morgan fingerprint density at radius 3 is 2.48 bits per heavy atom. The van der Waals surface area contributed by atoms with Crippen molar-refractivity contribution in [2.75, 3.05) is 23.3 Å². The second-order valence-electron chi connectivity index (χ2n) is 5.51. The van der Waals surface area contributed by atoms with E-state index in [1.54, 1.807) is 0 Å². The standard InChI is InChI=1S/C18H20N2O/c1-14-9-10-16(20-11-5-6-12-20)13-17(14)19-18(21)15-7-3-2-4-8-15/h2-4,7-10,13H,5-6,11-12H2,1H3,(H,19,21). The van der Waals surface area contributed by atoms with Crippen LogP contribution in [0.5, 0.6) is 0 Å². The van der Waals surface area contributed by atoms with E-state index in [9.17, 15) is 4.79 Å². The minimum Gasteiger partial charge on any atom is -0.371 e. The van der Waals surface area contributed by atoms with Crippen LogP contribution >= 0.6 is 0 Å². The van der Waals surface area contributed by atoms with Crippen LogP contribution in [0.4, 0.5) is 11.4 Å². The topological polar surface area (TPSA) is 32.3 Å². The molecule has 0 bridgehead atoms. The van der Waals surface area contributed by atoms with E-state index in [0.717, 1.165) is 24.3 Å². The van der Waals surface area contributed by atoms with Crippen LogP contribution in [0, 0.1) is 6.92 Å². The second-order valence-corrected chi connectivity index (χ2v) is 5.51. The van der Waals surface area contributed by atoms with Gasteiger partial charge in [-0.1, -0.05) is 24.3 Å². The van der Waals surface area contributed by atoms with Crippen molar-refractivity contribution in [1.82, 2.24) is 0 Å². The molecule has 1 saturated heterocycles. The fraction of sp³-hybridized carbons (Fsp3) is 0.278. The van der Waals surface area contributed by atoms with Crippen LogP contribution < -0.4 is 10.2 Å². The Labute approximate surface area is 125 Å². The third-order valence-corrected chi connectivity index (χ3v) is 3.98. The van der Waals surface area contributed by atoms with E-state index in [0.29, 0.717) is 5.56 Å². The average Bonchev–Trinajstić information content (AvgIpc) is 3.04. The number of nitrogens with one attached hydrogen (secondary N) is 1. The predicted octanol–water partition coefficient (Wildman–Crippen LogP) is 3.85. The number of rotatable bonds is 3. The molecule has 108 valence electrons. The molecule has 21 heavy (non-hydrogen) atoms. The van der Waals surface area contributed by atoms with Gasteiger partial charge >= 0.3 is 0 Å². The lowest BCUT2D eigenvalue weighted by molar-refractivity contribution is 0.102. The van der Waals surface area contributed by atoms with Gasteiger partial charge in [-0.15, -0.1) is 0 Å². The first-order valence-corrected chi connectivity index (χ1v) is 7.46. The van der Waals surface area contributed by atoms with Gasteiger partial charge in [0, 0.05) is 30.0 Å². The van der Waals surface area contributed by atoms with E-state index in [2.05, 4.69) is 28.4 Å². The first-order valence-electron chi connectivity index (χ1n) is 7.46. The van der Waals surface area contributed by atoms with Crippen LogP contribution in [-0.4, -0.2) is 19.0 Å². The molecule has 0 radical (unpaired) electrons. The van der Waals surface area contributed by atoms with Gasteiger partial charge in [0.05, 0.1) is 0 Å². The van der Waals surface area contributed by atoms with E-state index >= 15 is 0 Å². The molecule has 1 aliphatic heterocycles. The van der Waals surface area contributed by atoms with Gasteiger partial charge < -0.3 is 10.2 Å². The normalized spacial score (nSPS) is 14.2. The van der Waals surface area contributed by atoms with E-state index in [1.807, 2.05) is 37.3 Å². The summed E-state index contributed by atoms with van der Waals surface area (Å²) in [6.45, 7) is 4.23. The lowest BCUT2D eigenvalue weighted by Crippen LogP contribution is -2.18. The zero-order chi connectivity index (χ0) is 14.7. The molecular weight excluding hydrogens is 260 g/mol. The molecule has 1 fully saturated rings. The number of hydrogen-bond acceptors (Lipinski definition) is 2. The van der Waals surface area contributed by atoms with Crippen molar-refractivity contribution in [3.05, 3.63) is 59.7 Å². The summed E-state index contributed by atoms with van der Waals surface area (Å²) >= 11 is 0. The summed E-state index contributed by atoms with van der Waals surface area (Å²) in [6.07, 6.45) is 2.50. The number of nitrogens with zero attached hydrogens (tertiary/aromatic N) is 1. The summed E-state index contributed by atoms with van der Waals surface area (Å²) < 4.78 is 0. The number of carbonyl (C=O) groups excluding carboxylic acids is 1. The van der Waals surface area contributed by atoms with Crippen LogP contribution in [-0.2, 0) is 0 Å². The maximum atomic E-state index is 12.3. The van der Waals surface area contributed by atoms with Crippen LogP contribution in [0.1, 0.15) is 28.8 Å². The van der Waals surface area contributed by atoms with Crippen molar-refractivity contribution in [3.8, 4) is 0 Å². The number of aryl methyl sites for hydroxylation is 1. The third kappa shape index (κ3) is 3.07. The molecule has 1 heterocycles. The Hall–Kier alpha value is -2.29. The number of benzene rings is 2. The van der Waals surface area contributed by atoms with Crippen LogP contribution in [0.15, 0.2) is 48.5 Å². The summed E-state index contributed by atoms with van der Waals surface area (Å²) in [5.74, 6) is -0.0581. The lowest BCUT2D eigenvalue weighted by Gasteiger charge is -2.19. The van der Waals surface area contributed by atoms with Gasteiger partial charge in [0.2, 0.25) is 0 Å². The highest BCUT2D eigenvalue weighted by atomic mass is 16.1. The fourth-order valence-corrected chi connectivity index (χ4v) is 2.70. The molecule has 0 aromatic heterocycles. The summed E-state index contributed by atoms with van der Waals surface area (Å²) in [6, 6.07) is 15.6. The number of carbonyl (C=O) groups is 1. The minimum atomic E-state index is -0.0581. The molecule has 1 N–H and O–H groups in total. The molecule has 2 aromatic rings. The quantitative estimate of drug-likeness (QED) is 0.926. The van der Waals surface area contributed by atoms with Gasteiger partial charge in [-0.2, -0.15) is 0 Å². The first-order chi connectivity index (χ1) is 10.2. The highest BCUT2D eigenvalue weighted by Crippen LogP contribution is 2.26. The molecule has 0 atom stereocenters. The lowest BCUT2D eigenvalue weighted by atomic mass is 10.1. The Balaban J connectivity index is 1.81. The van der Waals surface area contributed by atoms with Gasteiger partial charge in [-0.3, -0.25) is 4.79 Å². The van der Waals surface area contributed by atoms with Gasteiger partial charge in [0.15, 0.2) is 0 Å². The summed E-state index contributed by atoms with van der Waals surface area (Å²) in [7, 11) is 0. The summed E-state index contributed by atoms with van der Waals surface area (Å²) in [5, 5.41) is 3.02. The molecule has 0 aliphatic carbocycles. The monoisotopic (exact) mass is 280 g/mol. The van der Waals surface area contributed by atoms with E-state index in [4.69, 9.17) is 0 Å². The van der Waals surface area contributed by atoms with Crippen molar-refractivity contribution >= 4 is 17.3 Å². The fourth-order valence-electron chi connectivity index (χ4n) is 2.70. The molecule has 0 saturated carbocycles. The Morgan fingerprint density at radius 1 is 1.05 bits per heavy atom. The van der Waals surface area contributed by atoms with Crippen molar-refractivity contribution in [2.24, 2.45) is 0 Å². The highest BCUT2D eigenvalue weighted by molar-refractivity contribution is 6.04. The Morgan fingerprint density at radius 2 is 1.76 bits per heavy atom. The summed E-state index contributed by atoms with van der Waals surface area (Å²) in [5.41, 5.74) is 3.86. The van der Waals surface area contributed by atoms with Gasteiger partial charge in [0.25, 0.3) is 5.91 Å². The molecule has 1 amide bonds. The Bertz CT molecular complexity index is 631. The predicted molar refractivity (Wildman–Crippen MR) is 87.0 cm³/mol. The number of amides is 1. The molecule has 3 rings (SSSR count). The maximum Gasteiger partial charge on any atom is 0.255 e. The third-order valence-electron chi connectivity index (χ3n) is 3.98. The maximum absolute atomic E-state index is 12.3. The van der Waals surface area contributed by atoms with Crippen LogP contribution in [0.3, 0.4) is 0 Å². The number of anilines is 2. The number of hydrogen-bond donors (Lipinski definition) is 1. The van der Waals surface area contributed by atoms with Crippen LogP contribution in [0.2, 0.25) is 0 Å². The molecule has 3 nitrogen and oxygen atoms in total. The zero-order valence-corrected chi connectivity index (χ0v) is 12.3. The zero-order valence-electron chi connectivity index (χ0n) is 12.3. The minimum absolute atomic E-state index is 0.0581. The van der Waals surface area contributed by atoms with Crippen molar-refractivity contribution in [2.45, 2.75) is 19.8 Å². The van der Waals surface area contributed by atoms with Crippen LogP contribution in [0.25, 0.3) is 0 Å². The average molecular weight is 280 g/mol. The van der Waals surface area contributed by atoms with E-state index in [-0.39, 0.29) is 5.91 Å². The first kappa shape index (κ1) is 13.7.